The molecule has 0 aliphatic heterocycles. The molecule has 2 aromatic carbocycles. The molecule has 140 valence electrons. The molecule has 0 fully saturated rings. The number of benzene rings is 2. The van der Waals surface area contributed by atoms with Gasteiger partial charge in [-0.2, -0.15) is 5.10 Å². The molecule has 0 spiro atoms. The van der Waals surface area contributed by atoms with Gasteiger partial charge >= 0.3 is 0 Å². The lowest BCUT2D eigenvalue weighted by Crippen LogP contribution is -2.33. The van der Waals surface area contributed by atoms with Crippen molar-refractivity contribution in [2.24, 2.45) is 0 Å². The molecule has 1 atom stereocenters. The third-order valence-corrected chi connectivity index (χ3v) is 4.96. The Balaban J connectivity index is 2.09. The molecule has 0 aliphatic rings. The van der Waals surface area contributed by atoms with Crippen LogP contribution >= 0.6 is 23.2 Å². The van der Waals surface area contributed by atoms with Crippen LogP contribution in [0.4, 0.5) is 4.39 Å². The van der Waals surface area contributed by atoms with Crippen molar-refractivity contribution in [2.45, 2.75) is 26.3 Å². The number of amides is 1. The van der Waals surface area contributed by atoms with Gasteiger partial charge in [0.15, 0.2) is 0 Å². The van der Waals surface area contributed by atoms with Crippen molar-refractivity contribution >= 4 is 29.1 Å². The van der Waals surface area contributed by atoms with E-state index >= 15 is 0 Å². The topological polar surface area (TPSA) is 46.9 Å². The predicted molar refractivity (Wildman–Crippen MR) is 106 cm³/mol. The van der Waals surface area contributed by atoms with E-state index in [1.807, 2.05) is 13.8 Å². The first-order valence-electron chi connectivity index (χ1n) is 8.51. The molecule has 1 unspecified atom stereocenters. The number of nitrogens with one attached hydrogen (secondary N) is 1. The van der Waals surface area contributed by atoms with Gasteiger partial charge in [0.1, 0.15) is 11.5 Å². The summed E-state index contributed by atoms with van der Waals surface area (Å²) in [5.41, 5.74) is 2.21. The average Bonchev–Trinajstić information content (AvgIpc) is 3.10. The van der Waals surface area contributed by atoms with E-state index in [-0.39, 0.29) is 17.8 Å². The Morgan fingerprint density at radius 3 is 2.48 bits per heavy atom. The monoisotopic (exact) mass is 405 g/mol. The zero-order valence-electron chi connectivity index (χ0n) is 14.8. The standard InChI is InChI=1S/C20H18Cl2FN3O/c1-3-12(2)24-20(27)19-11-18(13-4-6-14(23)7-5-13)25-26(19)15-8-9-16(21)17(22)10-15/h4-12H,3H2,1-2H3,(H,24,27). The maximum Gasteiger partial charge on any atom is 0.270 e. The van der Waals surface area contributed by atoms with E-state index in [4.69, 9.17) is 23.2 Å². The molecular formula is C20H18Cl2FN3O. The molecule has 0 saturated heterocycles. The van der Waals surface area contributed by atoms with Gasteiger partial charge in [-0.3, -0.25) is 4.79 Å². The molecule has 3 rings (SSSR count). The summed E-state index contributed by atoms with van der Waals surface area (Å²) in [5.74, 6) is -0.589. The lowest BCUT2D eigenvalue weighted by atomic mass is 10.1. The molecule has 0 radical (unpaired) electrons. The van der Waals surface area contributed by atoms with Crippen molar-refractivity contribution in [1.82, 2.24) is 15.1 Å². The van der Waals surface area contributed by atoms with Gasteiger partial charge in [-0.05, 0) is 61.9 Å². The average molecular weight is 406 g/mol. The van der Waals surface area contributed by atoms with Crippen molar-refractivity contribution in [3.05, 3.63) is 70.1 Å². The van der Waals surface area contributed by atoms with E-state index in [9.17, 15) is 9.18 Å². The van der Waals surface area contributed by atoms with E-state index in [0.29, 0.717) is 32.7 Å². The molecule has 1 N–H and O–H groups in total. The minimum absolute atomic E-state index is 0.0175. The summed E-state index contributed by atoms with van der Waals surface area (Å²) in [7, 11) is 0. The Morgan fingerprint density at radius 2 is 1.85 bits per heavy atom. The van der Waals surface area contributed by atoms with E-state index in [1.54, 1.807) is 36.4 Å². The number of rotatable bonds is 5. The van der Waals surface area contributed by atoms with Crippen molar-refractivity contribution in [3.8, 4) is 16.9 Å². The summed E-state index contributed by atoms with van der Waals surface area (Å²) in [5, 5.41) is 8.25. The van der Waals surface area contributed by atoms with Gasteiger partial charge in [-0.25, -0.2) is 9.07 Å². The fraction of sp³-hybridized carbons (Fsp3) is 0.200. The fourth-order valence-corrected chi connectivity index (χ4v) is 2.81. The van der Waals surface area contributed by atoms with Gasteiger partial charge < -0.3 is 5.32 Å². The Bertz CT molecular complexity index is 970. The number of aromatic nitrogens is 2. The summed E-state index contributed by atoms with van der Waals surface area (Å²) >= 11 is 12.1. The second kappa shape index (κ2) is 8.11. The Labute approximate surface area is 166 Å². The molecule has 0 saturated carbocycles. The Hall–Kier alpha value is -2.37. The lowest BCUT2D eigenvalue weighted by molar-refractivity contribution is 0.0931. The SMILES string of the molecule is CCC(C)NC(=O)c1cc(-c2ccc(F)cc2)nn1-c1ccc(Cl)c(Cl)c1. The van der Waals surface area contributed by atoms with Crippen LogP contribution < -0.4 is 5.32 Å². The molecule has 7 heteroatoms. The van der Waals surface area contributed by atoms with Gasteiger partial charge in [0.05, 0.1) is 21.4 Å². The Morgan fingerprint density at radius 1 is 1.15 bits per heavy atom. The highest BCUT2D eigenvalue weighted by Crippen LogP contribution is 2.27. The zero-order valence-corrected chi connectivity index (χ0v) is 16.4. The van der Waals surface area contributed by atoms with Crippen molar-refractivity contribution in [3.63, 3.8) is 0 Å². The summed E-state index contributed by atoms with van der Waals surface area (Å²) in [6, 6.07) is 12.7. The quantitative estimate of drug-likeness (QED) is 0.607. The molecule has 0 bridgehead atoms. The summed E-state index contributed by atoms with van der Waals surface area (Å²) in [6.07, 6.45) is 0.803. The first-order chi connectivity index (χ1) is 12.9. The predicted octanol–water partition coefficient (Wildman–Crippen LogP) is 5.51. The van der Waals surface area contributed by atoms with Crippen LogP contribution in [0.5, 0.6) is 0 Å². The number of carbonyl (C=O) groups excluding carboxylic acids is 1. The second-order valence-corrected chi connectivity index (χ2v) is 7.03. The van der Waals surface area contributed by atoms with Crippen LogP contribution in [-0.2, 0) is 0 Å². The van der Waals surface area contributed by atoms with Crippen LogP contribution in [0, 0.1) is 5.82 Å². The van der Waals surface area contributed by atoms with Gasteiger partial charge in [0.25, 0.3) is 5.91 Å². The van der Waals surface area contributed by atoms with Crippen molar-refractivity contribution in [2.75, 3.05) is 0 Å². The van der Waals surface area contributed by atoms with Crippen LogP contribution in [0.3, 0.4) is 0 Å². The molecule has 1 aromatic heterocycles. The molecule has 1 amide bonds. The zero-order chi connectivity index (χ0) is 19.6. The van der Waals surface area contributed by atoms with Crippen LogP contribution in [0.25, 0.3) is 16.9 Å². The minimum atomic E-state index is -0.336. The maximum atomic E-state index is 13.2. The molecule has 4 nitrogen and oxygen atoms in total. The van der Waals surface area contributed by atoms with Crippen LogP contribution in [0.2, 0.25) is 10.0 Å². The molecule has 3 aromatic rings. The lowest BCUT2D eigenvalue weighted by Gasteiger charge is -2.12. The third kappa shape index (κ3) is 4.31. The third-order valence-electron chi connectivity index (χ3n) is 4.22. The van der Waals surface area contributed by atoms with Gasteiger partial charge in [-0.15, -0.1) is 0 Å². The number of hydrogen-bond acceptors (Lipinski definition) is 2. The van der Waals surface area contributed by atoms with Gasteiger partial charge in [0.2, 0.25) is 0 Å². The highest BCUT2D eigenvalue weighted by molar-refractivity contribution is 6.42. The van der Waals surface area contributed by atoms with Gasteiger partial charge in [0, 0.05) is 11.6 Å². The number of nitrogens with zero attached hydrogens (tertiary/aromatic N) is 2. The summed E-state index contributed by atoms with van der Waals surface area (Å²) in [6.45, 7) is 3.92. The minimum Gasteiger partial charge on any atom is -0.348 e. The molecular weight excluding hydrogens is 388 g/mol. The maximum absolute atomic E-state index is 13.2. The first kappa shape index (κ1) is 19.4. The van der Waals surface area contributed by atoms with Crippen molar-refractivity contribution in [1.29, 1.82) is 0 Å². The highest BCUT2D eigenvalue weighted by atomic mass is 35.5. The van der Waals surface area contributed by atoms with Crippen molar-refractivity contribution < 1.29 is 9.18 Å². The smallest absolute Gasteiger partial charge is 0.270 e. The molecule has 1 heterocycles. The summed E-state index contributed by atoms with van der Waals surface area (Å²) < 4.78 is 14.7. The molecule has 27 heavy (non-hydrogen) atoms. The largest absolute Gasteiger partial charge is 0.348 e. The van der Waals surface area contributed by atoms with E-state index in [2.05, 4.69) is 10.4 Å². The first-order valence-corrected chi connectivity index (χ1v) is 9.27. The number of carbonyl (C=O) groups is 1. The second-order valence-electron chi connectivity index (χ2n) is 6.21. The van der Waals surface area contributed by atoms with Crippen LogP contribution in [0.15, 0.2) is 48.5 Å². The number of hydrogen-bond donors (Lipinski definition) is 1. The Kier molecular flexibility index (Phi) is 5.82. The fourth-order valence-electron chi connectivity index (χ4n) is 2.52. The van der Waals surface area contributed by atoms with Crippen LogP contribution in [0.1, 0.15) is 30.8 Å². The highest BCUT2D eigenvalue weighted by Gasteiger charge is 2.19. The number of halogens is 3. The van der Waals surface area contributed by atoms with Gasteiger partial charge in [-0.1, -0.05) is 30.1 Å². The molecule has 0 aliphatic carbocycles. The van der Waals surface area contributed by atoms with E-state index in [0.717, 1.165) is 6.42 Å². The van der Waals surface area contributed by atoms with E-state index in [1.165, 1.54) is 16.8 Å². The van der Waals surface area contributed by atoms with E-state index < -0.39 is 0 Å². The van der Waals surface area contributed by atoms with Crippen LogP contribution in [-0.4, -0.2) is 21.7 Å². The normalized spacial score (nSPS) is 12.0. The summed E-state index contributed by atoms with van der Waals surface area (Å²) in [4.78, 5) is 12.8.